The topological polar surface area (TPSA) is 61.3 Å². The van der Waals surface area contributed by atoms with E-state index in [4.69, 9.17) is 4.98 Å². The van der Waals surface area contributed by atoms with Crippen LogP contribution in [0.3, 0.4) is 0 Å². The number of nitrogens with zero attached hydrogens (tertiary/aromatic N) is 3. The van der Waals surface area contributed by atoms with Crippen LogP contribution >= 0.6 is 0 Å². The Labute approximate surface area is 137 Å². The number of anilines is 2. The van der Waals surface area contributed by atoms with Gasteiger partial charge >= 0.3 is 0 Å². The summed E-state index contributed by atoms with van der Waals surface area (Å²) in [5.41, 5.74) is 3.82. The molecule has 2 N–H and O–H groups in total. The molecule has 0 saturated carbocycles. The highest BCUT2D eigenvalue weighted by molar-refractivity contribution is 5.51. The molecule has 23 heavy (non-hydrogen) atoms. The summed E-state index contributed by atoms with van der Waals surface area (Å²) >= 11 is 0. The number of aliphatic hydroxyl groups excluding tert-OH is 1. The van der Waals surface area contributed by atoms with Crippen molar-refractivity contribution < 1.29 is 5.11 Å². The van der Waals surface area contributed by atoms with Gasteiger partial charge in [-0.05, 0) is 38.3 Å². The Kier molecular flexibility index (Phi) is 5.08. The third-order valence-electron chi connectivity index (χ3n) is 4.18. The molecule has 3 rings (SSSR count). The van der Waals surface area contributed by atoms with Crippen molar-refractivity contribution in [3.05, 3.63) is 47.3 Å². The SMILES string of the molecule is Cc1cc(CNc2ccccc2CO)nc(N2CCCCC2)n1. The number of aryl methyl sites for hydroxylation is 1. The fraction of sp³-hybridized carbons (Fsp3) is 0.444. The van der Waals surface area contributed by atoms with Crippen LogP contribution in [0.25, 0.3) is 0 Å². The molecule has 5 nitrogen and oxygen atoms in total. The lowest BCUT2D eigenvalue weighted by molar-refractivity contribution is 0.282. The average Bonchev–Trinajstić information content (AvgIpc) is 2.60. The van der Waals surface area contributed by atoms with Crippen molar-refractivity contribution in [3.8, 4) is 0 Å². The first-order chi connectivity index (χ1) is 11.3. The van der Waals surface area contributed by atoms with E-state index in [0.29, 0.717) is 6.54 Å². The molecule has 0 radical (unpaired) electrons. The molecule has 0 amide bonds. The average molecular weight is 312 g/mol. The van der Waals surface area contributed by atoms with E-state index < -0.39 is 0 Å². The third kappa shape index (κ3) is 3.99. The zero-order chi connectivity index (χ0) is 16.1. The smallest absolute Gasteiger partial charge is 0.225 e. The lowest BCUT2D eigenvalue weighted by Crippen LogP contribution is -2.31. The van der Waals surface area contributed by atoms with Crippen LogP contribution in [0.4, 0.5) is 11.6 Å². The molecule has 1 aliphatic heterocycles. The van der Waals surface area contributed by atoms with Crippen molar-refractivity contribution in [1.82, 2.24) is 9.97 Å². The van der Waals surface area contributed by atoms with Crippen molar-refractivity contribution in [2.45, 2.75) is 39.3 Å². The number of rotatable bonds is 5. The number of aromatic nitrogens is 2. The molecule has 2 aromatic rings. The van der Waals surface area contributed by atoms with Gasteiger partial charge in [-0.3, -0.25) is 0 Å². The van der Waals surface area contributed by atoms with Gasteiger partial charge in [0.15, 0.2) is 0 Å². The molecule has 0 spiro atoms. The predicted molar refractivity (Wildman–Crippen MR) is 92.5 cm³/mol. The van der Waals surface area contributed by atoms with Gasteiger partial charge in [-0.1, -0.05) is 18.2 Å². The quantitative estimate of drug-likeness (QED) is 0.889. The lowest BCUT2D eigenvalue weighted by atomic mass is 10.1. The van der Waals surface area contributed by atoms with Crippen molar-refractivity contribution >= 4 is 11.6 Å². The van der Waals surface area contributed by atoms with E-state index in [2.05, 4.69) is 15.2 Å². The maximum atomic E-state index is 9.40. The molecular formula is C18H24N4O. The van der Waals surface area contributed by atoms with Gasteiger partial charge in [0.2, 0.25) is 5.95 Å². The third-order valence-corrected chi connectivity index (χ3v) is 4.18. The van der Waals surface area contributed by atoms with Crippen molar-refractivity contribution in [2.75, 3.05) is 23.3 Å². The molecule has 0 bridgehead atoms. The van der Waals surface area contributed by atoms with E-state index in [1.54, 1.807) is 0 Å². The second-order valence-corrected chi connectivity index (χ2v) is 6.02. The minimum atomic E-state index is 0.0327. The molecule has 0 atom stereocenters. The Bertz CT molecular complexity index is 653. The summed E-state index contributed by atoms with van der Waals surface area (Å²) in [6, 6.07) is 9.81. The Hall–Kier alpha value is -2.14. The second-order valence-electron chi connectivity index (χ2n) is 6.02. The maximum Gasteiger partial charge on any atom is 0.225 e. The van der Waals surface area contributed by atoms with Crippen LogP contribution in [0.15, 0.2) is 30.3 Å². The number of aliphatic hydroxyl groups is 1. The lowest BCUT2D eigenvalue weighted by Gasteiger charge is -2.27. The fourth-order valence-corrected chi connectivity index (χ4v) is 2.96. The van der Waals surface area contributed by atoms with Crippen molar-refractivity contribution in [2.24, 2.45) is 0 Å². The highest BCUT2D eigenvalue weighted by atomic mass is 16.3. The largest absolute Gasteiger partial charge is 0.392 e. The number of hydrogen-bond acceptors (Lipinski definition) is 5. The Balaban J connectivity index is 1.73. The van der Waals surface area contributed by atoms with E-state index in [9.17, 15) is 5.11 Å². The van der Waals surface area contributed by atoms with E-state index in [0.717, 1.165) is 41.7 Å². The summed E-state index contributed by atoms with van der Waals surface area (Å²) in [5.74, 6) is 0.844. The van der Waals surface area contributed by atoms with Crippen LogP contribution in [-0.4, -0.2) is 28.2 Å². The first-order valence-electron chi connectivity index (χ1n) is 8.28. The molecule has 1 aromatic carbocycles. The minimum absolute atomic E-state index is 0.0327. The molecule has 1 aromatic heterocycles. The van der Waals surface area contributed by atoms with E-state index in [-0.39, 0.29) is 6.61 Å². The molecular weight excluding hydrogens is 288 g/mol. The standard InChI is InChI=1S/C18H24N4O/c1-14-11-16(12-19-17-8-4-3-7-15(17)13-23)21-18(20-14)22-9-5-2-6-10-22/h3-4,7-8,11,19,23H,2,5-6,9-10,12-13H2,1H3. The van der Waals surface area contributed by atoms with Gasteiger partial charge in [-0.2, -0.15) is 0 Å². The van der Waals surface area contributed by atoms with E-state index in [1.807, 2.05) is 37.3 Å². The summed E-state index contributed by atoms with van der Waals surface area (Å²) in [5, 5.41) is 12.8. The summed E-state index contributed by atoms with van der Waals surface area (Å²) in [6.07, 6.45) is 3.73. The predicted octanol–water partition coefficient (Wildman–Crippen LogP) is 2.88. The zero-order valence-corrected chi connectivity index (χ0v) is 13.6. The van der Waals surface area contributed by atoms with Gasteiger partial charge in [0.05, 0.1) is 18.8 Å². The highest BCUT2D eigenvalue weighted by Gasteiger charge is 2.14. The first kappa shape index (κ1) is 15.7. The van der Waals surface area contributed by atoms with Crippen molar-refractivity contribution in [3.63, 3.8) is 0 Å². The summed E-state index contributed by atoms with van der Waals surface area (Å²) < 4.78 is 0. The van der Waals surface area contributed by atoms with Gasteiger partial charge in [0.25, 0.3) is 0 Å². The molecule has 0 aliphatic carbocycles. The van der Waals surface area contributed by atoms with Crippen LogP contribution in [-0.2, 0) is 13.2 Å². The monoisotopic (exact) mass is 312 g/mol. The molecule has 2 heterocycles. The van der Waals surface area contributed by atoms with Crippen LogP contribution in [0, 0.1) is 6.92 Å². The summed E-state index contributed by atoms with van der Waals surface area (Å²) in [7, 11) is 0. The van der Waals surface area contributed by atoms with Crippen LogP contribution in [0.5, 0.6) is 0 Å². The van der Waals surface area contributed by atoms with Gasteiger partial charge in [0.1, 0.15) is 0 Å². The number of nitrogens with one attached hydrogen (secondary N) is 1. The molecule has 1 aliphatic rings. The highest BCUT2D eigenvalue weighted by Crippen LogP contribution is 2.19. The number of benzene rings is 1. The summed E-state index contributed by atoms with van der Waals surface area (Å²) in [6.45, 7) is 4.76. The molecule has 1 saturated heterocycles. The number of hydrogen-bond donors (Lipinski definition) is 2. The van der Waals surface area contributed by atoms with Gasteiger partial charge < -0.3 is 15.3 Å². The van der Waals surface area contributed by atoms with Gasteiger partial charge in [0, 0.05) is 30.0 Å². The molecule has 0 unspecified atom stereocenters. The maximum absolute atomic E-state index is 9.40. The fourth-order valence-electron chi connectivity index (χ4n) is 2.96. The van der Waals surface area contributed by atoms with Crippen LogP contribution in [0.1, 0.15) is 36.2 Å². The summed E-state index contributed by atoms with van der Waals surface area (Å²) in [4.78, 5) is 11.6. The molecule has 122 valence electrons. The van der Waals surface area contributed by atoms with Crippen LogP contribution < -0.4 is 10.2 Å². The van der Waals surface area contributed by atoms with Crippen LogP contribution in [0.2, 0.25) is 0 Å². The Morgan fingerprint density at radius 3 is 2.70 bits per heavy atom. The molecule has 5 heteroatoms. The van der Waals surface area contributed by atoms with Crippen molar-refractivity contribution in [1.29, 1.82) is 0 Å². The molecule has 1 fully saturated rings. The Morgan fingerprint density at radius 1 is 1.13 bits per heavy atom. The zero-order valence-electron chi connectivity index (χ0n) is 13.6. The van der Waals surface area contributed by atoms with Gasteiger partial charge in [-0.15, -0.1) is 0 Å². The van der Waals surface area contributed by atoms with E-state index in [1.165, 1.54) is 19.3 Å². The number of piperidine rings is 1. The second kappa shape index (κ2) is 7.42. The van der Waals surface area contributed by atoms with E-state index >= 15 is 0 Å². The minimum Gasteiger partial charge on any atom is -0.392 e. The Morgan fingerprint density at radius 2 is 1.91 bits per heavy atom. The number of para-hydroxylation sites is 1. The normalized spacial score (nSPS) is 14.8. The van der Waals surface area contributed by atoms with Gasteiger partial charge in [-0.25, -0.2) is 9.97 Å². The first-order valence-corrected chi connectivity index (χ1v) is 8.28.